The molecule has 0 radical (unpaired) electrons. The van der Waals surface area contributed by atoms with Gasteiger partial charge in [0, 0.05) is 42.3 Å². The zero-order valence-corrected chi connectivity index (χ0v) is 18.8. The maximum atomic E-state index is 13.3. The van der Waals surface area contributed by atoms with Gasteiger partial charge in [0.2, 0.25) is 5.91 Å². The third-order valence-corrected chi connectivity index (χ3v) is 8.21. The molecule has 2 aliphatic carbocycles. The minimum atomic E-state index is -0.446. The topological polar surface area (TPSA) is 83.4 Å². The second kappa shape index (κ2) is 8.26. The fraction of sp³-hybridized carbons (Fsp3) is 0.481. The van der Waals surface area contributed by atoms with Gasteiger partial charge in [-0.05, 0) is 67.4 Å². The molecule has 0 bridgehead atoms. The summed E-state index contributed by atoms with van der Waals surface area (Å²) in [6.07, 6.45) is 8.24. The third kappa shape index (κ3) is 3.47. The van der Waals surface area contributed by atoms with Crippen LogP contribution in [-0.4, -0.2) is 34.3 Å². The normalized spacial score (nSPS) is 28.2. The summed E-state index contributed by atoms with van der Waals surface area (Å²) in [4.78, 5) is 26.5. The molecule has 1 amide bonds. The van der Waals surface area contributed by atoms with E-state index in [1.165, 1.54) is 23.1 Å². The van der Waals surface area contributed by atoms with Crippen molar-refractivity contribution in [1.29, 1.82) is 0 Å². The molecule has 1 saturated heterocycles. The summed E-state index contributed by atoms with van der Waals surface area (Å²) >= 11 is 0. The predicted molar refractivity (Wildman–Crippen MR) is 127 cm³/mol. The van der Waals surface area contributed by atoms with Crippen LogP contribution < -0.4 is 16.2 Å². The standard InChI is InChI=1S/C27H31N3O3/c31-15-22-21-14-30-23(11-10-20(27(30)33)16-6-2-1-3-7-16)24(21)29-25(22)26(32)28-19-12-17-8-4-5-9-18(17)13-19/h4-6,8-11,19,21-22,24-25,29,31H,1-3,7,12-15H2,(H,28,32)/t21-,22-,24+,25-/m0/s1. The van der Waals surface area contributed by atoms with Crippen LogP contribution in [0.15, 0.2) is 47.3 Å². The Morgan fingerprint density at radius 1 is 1.12 bits per heavy atom. The number of hydrogen-bond acceptors (Lipinski definition) is 4. The number of benzene rings is 1. The van der Waals surface area contributed by atoms with E-state index in [1.807, 2.05) is 28.8 Å². The number of aromatic nitrogens is 1. The van der Waals surface area contributed by atoms with Gasteiger partial charge in [-0.2, -0.15) is 0 Å². The van der Waals surface area contributed by atoms with Gasteiger partial charge >= 0.3 is 0 Å². The van der Waals surface area contributed by atoms with Crippen LogP contribution in [0, 0.1) is 11.8 Å². The minimum absolute atomic E-state index is 0.0369. The van der Waals surface area contributed by atoms with Gasteiger partial charge in [0.05, 0.1) is 12.1 Å². The molecule has 3 heterocycles. The van der Waals surface area contributed by atoms with Crippen molar-refractivity contribution >= 4 is 11.5 Å². The van der Waals surface area contributed by atoms with Gasteiger partial charge in [0.15, 0.2) is 0 Å². The predicted octanol–water partition coefficient (Wildman–Crippen LogP) is 2.34. The zero-order chi connectivity index (χ0) is 22.5. The van der Waals surface area contributed by atoms with Crippen LogP contribution in [0.4, 0.5) is 0 Å². The largest absolute Gasteiger partial charge is 0.396 e. The van der Waals surface area contributed by atoms with Crippen molar-refractivity contribution < 1.29 is 9.90 Å². The van der Waals surface area contributed by atoms with E-state index in [9.17, 15) is 14.7 Å². The molecule has 6 heteroatoms. The molecule has 0 unspecified atom stereocenters. The number of amides is 1. The van der Waals surface area contributed by atoms with Gasteiger partial charge in [-0.25, -0.2) is 0 Å². The van der Waals surface area contributed by atoms with Crippen molar-refractivity contribution in [3.63, 3.8) is 0 Å². The number of aliphatic hydroxyl groups is 1. The smallest absolute Gasteiger partial charge is 0.258 e. The first-order valence-corrected chi connectivity index (χ1v) is 12.3. The molecule has 2 aromatic rings. The number of nitrogens with zero attached hydrogens (tertiary/aromatic N) is 1. The Kier molecular flexibility index (Phi) is 5.23. The minimum Gasteiger partial charge on any atom is -0.396 e. The summed E-state index contributed by atoms with van der Waals surface area (Å²) in [7, 11) is 0. The lowest BCUT2D eigenvalue weighted by atomic mass is 9.88. The first-order valence-electron chi connectivity index (χ1n) is 12.3. The van der Waals surface area contributed by atoms with E-state index in [4.69, 9.17) is 0 Å². The summed E-state index contributed by atoms with van der Waals surface area (Å²) < 4.78 is 1.87. The number of pyridine rings is 1. The average molecular weight is 446 g/mol. The molecular formula is C27H31N3O3. The zero-order valence-electron chi connectivity index (χ0n) is 18.8. The highest BCUT2D eigenvalue weighted by atomic mass is 16.3. The van der Waals surface area contributed by atoms with Crippen LogP contribution in [-0.2, 0) is 24.2 Å². The Bertz CT molecular complexity index is 1160. The van der Waals surface area contributed by atoms with Gasteiger partial charge < -0.3 is 15.0 Å². The number of carbonyl (C=O) groups excluding carboxylic acids is 1. The Labute approximate surface area is 193 Å². The fourth-order valence-electron chi connectivity index (χ4n) is 6.53. The molecule has 4 atom stereocenters. The van der Waals surface area contributed by atoms with E-state index in [2.05, 4.69) is 28.8 Å². The van der Waals surface area contributed by atoms with E-state index >= 15 is 0 Å². The number of hydrogen-bond donors (Lipinski definition) is 3. The monoisotopic (exact) mass is 445 g/mol. The molecule has 4 aliphatic rings. The molecular weight excluding hydrogens is 414 g/mol. The van der Waals surface area contributed by atoms with Crippen molar-refractivity contribution in [1.82, 2.24) is 15.2 Å². The first-order chi connectivity index (χ1) is 16.1. The Morgan fingerprint density at radius 3 is 2.61 bits per heavy atom. The number of carbonyl (C=O) groups is 1. The number of nitrogens with one attached hydrogen (secondary N) is 2. The second-order valence-electron chi connectivity index (χ2n) is 10.1. The van der Waals surface area contributed by atoms with Crippen molar-refractivity contribution in [3.05, 3.63) is 75.2 Å². The lowest BCUT2D eigenvalue weighted by molar-refractivity contribution is -0.125. The third-order valence-electron chi connectivity index (χ3n) is 8.21. The Balaban J connectivity index is 1.21. The molecule has 1 aromatic heterocycles. The van der Waals surface area contributed by atoms with Crippen molar-refractivity contribution in [2.75, 3.05) is 6.61 Å². The van der Waals surface area contributed by atoms with E-state index in [1.54, 1.807) is 0 Å². The molecule has 1 fully saturated rings. The molecule has 0 spiro atoms. The highest BCUT2D eigenvalue weighted by molar-refractivity contribution is 5.83. The van der Waals surface area contributed by atoms with Crippen LogP contribution in [0.2, 0.25) is 0 Å². The van der Waals surface area contributed by atoms with Gasteiger partial charge in [-0.15, -0.1) is 0 Å². The van der Waals surface area contributed by atoms with Gasteiger partial charge in [0.25, 0.3) is 5.56 Å². The molecule has 6 nitrogen and oxygen atoms in total. The van der Waals surface area contributed by atoms with Gasteiger partial charge in [0.1, 0.15) is 0 Å². The molecule has 33 heavy (non-hydrogen) atoms. The summed E-state index contributed by atoms with van der Waals surface area (Å²) in [5, 5.41) is 16.9. The molecule has 172 valence electrons. The average Bonchev–Trinajstić information content (AvgIpc) is 3.51. The van der Waals surface area contributed by atoms with Crippen LogP contribution in [0.1, 0.15) is 54.1 Å². The lowest BCUT2D eigenvalue weighted by Gasteiger charge is -2.23. The molecule has 3 N–H and O–H groups in total. The highest BCUT2D eigenvalue weighted by Gasteiger charge is 2.50. The van der Waals surface area contributed by atoms with E-state index < -0.39 is 6.04 Å². The van der Waals surface area contributed by atoms with Crippen LogP contribution in [0.5, 0.6) is 0 Å². The van der Waals surface area contributed by atoms with Crippen LogP contribution in [0.25, 0.3) is 5.57 Å². The summed E-state index contributed by atoms with van der Waals surface area (Å²) in [6.45, 7) is 0.481. The van der Waals surface area contributed by atoms with Crippen molar-refractivity contribution in [3.8, 4) is 0 Å². The number of fused-ring (bicyclic) bond motifs is 4. The summed E-state index contributed by atoms with van der Waals surface area (Å²) in [6, 6.07) is 11.9. The fourth-order valence-corrected chi connectivity index (χ4v) is 6.53. The lowest BCUT2D eigenvalue weighted by Crippen LogP contribution is -2.49. The number of aliphatic hydroxyl groups excluding tert-OH is 1. The summed E-state index contributed by atoms with van der Waals surface area (Å²) in [5.41, 5.74) is 5.59. The Morgan fingerprint density at radius 2 is 1.91 bits per heavy atom. The number of rotatable bonds is 4. The molecule has 1 aromatic carbocycles. The van der Waals surface area contributed by atoms with Crippen LogP contribution in [0.3, 0.4) is 0 Å². The maximum absolute atomic E-state index is 13.3. The van der Waals surface area contributed by atoms with E-state index in [0.29, 0.717) is 6.54 Å². The highest BCUT2D eigenvalue weighted by Crippen LogP contribution is 2.43. The van der Waals surface area contributed by atoms with E-state index in [-0.39, 0.29) is 42.0 Å². The Hall–Kier alpha value is -2.70. The van der Waals surface area contributed by atoms with Crippen molar-refractivity contribution in [2.45, 2.75) is 63.2 Å². The van der Waals surface area contributed by atoms with Crippen LogP contribution >= 0.6 is 0 Å². The number of allylic oxidation sites excluding steroid dienone is 2. The maximum Gasteiger partial charge on any atom is 0.258 e. The van der Waals surface area contributed by atoms with E-state index in [0.717, 1.165) is 43.4 Å². The summed E-state index contributed by atoms with van der Waals surface area (Å²) in [5.74, 6) is -0.218. The molecule has 0 saturated carbocycles. The second-order valence-corrected chi connectivity index (χ2v) is 10.1. The quantitative estimate of drug-likeness (QED) is 0.675. The molecule has 2 aliphatic heterocycles. The molecule has 6 rings (SSSR count). The van der Waals surface area contributed by atoms with Crippen molar-refractivity contribution in [2.24, 2.45) is 11.8 Å². The first kappa shape index (κ1) is 20.9. The SMILES string of the molecule is O=C(NC1Cc2ccccc2C1)[C@H]1N[C@H]2c3ccc(C4=CCCCC4)c(=O)n3C[C@H]2[C@@H]1CO. The van der Waals surface area contributed by atoms with Gasteiger partial charge in [-0.1, -0.05) is 30.3 Å². The van der Waals surface area contributed by atoms with Gasteiger partial charge in [-0.3, -0.25) is 14.9 Å².